The minimum absolute atomic E-state index is 0.245. The van der Waals surface area contributed by atoms with E-state index in [2.05, 4.69) is 21.2 Å². The summed E-state index contributed by atoms with van der Waals surface area (Å²) < 4.78 is 6.13. The number of carbonyl (C=O) groups is 1. The number of nitrogens with one attached hydrogen (secondary N) is 1. The summed E-state index contributed by atoms with van der Waals surface area (Å²) in [4.78, 5) is 11.5. The van der Waals surface area contributed by atoms with E-state index in [1.807, 2.05) is 45.0 Å². The normalized spacial score (nSPS) is 12.9. The monoisotopic (exact) mass is 314 g/mol. The molecule has 0 aliphatic heterocycles. The first kappa shape index (κ1) is 15.0. The van der Waals surface area contributed by atoms with Gasteiger partial charge in [0.2, 0.25) is 0 Å². The third kappa shape index (κ3) is 5.51. The van der Waals surface area contributed by atoms with Gasteiger partial charge < -0.3 is 15.8 Å². The predicted molar refractivity (Wildman–Crippen MR) is 75.3 cm³/mol. The Morgan fingerprint density at radius 1 is 1.39 bits per heavy atom. The van der Waals surface area contributed by atoms with Gasteiger partial charge in [-0.25, -0.2) is 4.79 Å². The number of carbonyl (C=O) groups excluding carboxylic acids is 1. The summed E-state index contributed by atoms with van der Waals surface area (Å²) in [6, 6.07) is 7.44. The van der Waals surface area contributed by atoms with Crippen molar-refractivity contribution >= 4 is 22.0 Å². The summed E-state index contributed by atoms with van der Waals surface area (Å²) in [5.74, 6) is 0. The topological polar surface area (TPSA) is 64.3 Å². The Morgan fingerprint density at radius 3 is 2.44 bits per heavy atom. The Morgan fingerprint density at radius 2 is 1.94 bits per heavy atom. The summed E-state index contributed by atoms with van der Waals surface area (Å²) in [6.45, 7) is 5.81. The Balaban J connectivity index is 2.44. The number of benzene rings is 1. The first-order valence-electron chi connectivity index (χ1n) is 5.76. The van der Waals surface area contributed by atoms with Gasteiger partial charge in [-0.2, -0.15) is 0 Å². The van der Waals surface area contributed by atoms with Crippen LogP contribution < -0.4 is 11.1 Å². The predicted octanol–water partition coefficient (Wildman–Crippen LogP) is 2.97. The molecule has 0 bridgehead atoms. The van der Waals surface area contributed by atoms with E-state index < -0.39 is 11.7 Å². The fourth-order valence-electron chi connectivity index (χ4n) is 1.34. The quantitative estimate of drug-likeness (QED) is 0.901. The zero-order valence-electron chi connectivity index (χ0n) is 10.9. The zero-order chi connectivity index (χ0) is 13.8. The maximum absolute atomic E-state index is 11.5. The molecular weight excluding hydrogens is 296 g/mol. The third-order valence-corrected chi connectivity index (χ3v) is 2.69. The highest BCUT2D eigenvalue weighted by Gasteiger charge is 2.16. The molecule has 0 radical (unpaired) electrons. The van der Waals surface area contributed by atoms with E-state index >= 15 is 0 Å². The van der Waals surface area contributed by atoms with E-state index in [1.54, 1.807) is 0 Å². The molecule has 0 unspecified atom stereocenters. The lowest BCUT2D eigenvalue weighted by Crippen LogP contribution is -2.36. The van der Waals surface area contributed by atoms with Crippen molar-refractivity contribution in [1.29, 1.82) is 0 Å². The molecule has 0 spiro atoms. The van der Waals surface area contributed by atoms with Crippen LogP contribution in [0.5, 0.6) is 0 Å². The van der Waals surface area contributed by atoms with Crippen LogP contribution in [0.1, 0.15) is 32.4 Å². The number of rotatable bonds is 3. The average molecular weight is 315 g/mol. The molecule has 1 rings (SSSR count). The van der Waals surface area contributed by atoms with Crippen LogP contribution in [0.3, 0.4) is 0 Å². The van der Waals surface area contributed by atoms with Gasteiger partial charge >= 0.3 is 6.09 Å². The van der Waals surface area contributed by atoms with Crippen LogP contribution in [0.4, 0.5) is 4.79 Å². The van der Waals surface area contributed by atoms with Crippen molar-refractivity contribution in [3.8, 4) is 0 Å². The second-order valence-electron chi connectivity index (χ2n) is 5.04. The molecule has 1 amide bonds. The summed E-state index contributed by atoms with van der Waals surface area (Å²) in [5.41, 5.74) is 6.44. The van der Waals surface area contributed by atoms with Gasteiger partial charge in [0.15, 0.2) is 0 Å². The second-order valence-corrected chi connectivity index (χ2v) is 5.96. The maximum atomic E-state index is 11.5. The van der Waals surface area contributed by atoms with Crippen molar-refractivity contribution in [2.75, 3.05) is 6.54 Å². The number of hydrogen-bond donors (Lipinski definition) is 2. The van der Waals surface area contributed by atoms with Crippen molar-refractivity contribution in [3.63, 3.8) is 0 Å². The highest BCUT2D eigenvalue weighted by Crippen LogP contribution is 2.15. The van der Waals surface area contributed by atoms with Crippen LogP contribution >= 0.6 is 15.9 Å². The molecule has 0 aromatic heterocycles. The Labute approximate surface area is 116 Å². The van der Waals surface area contributed by atoms with Crippen molar-refractivity contribution in [2.24, 2.45) is 5.73 Å². The molecule has 0 saturated carbocycles. The number of nitrogens with two attached hydrogens (primary N) is 1. The first-order chi connectivity index (χ1) is 8.28. The van der Waals surface area contributed by atoms with Gasteiger partial charge in [0.25, 0.3) is 0 Å². The van der Waals surface area contributed by atoms with Crippen molar-refractivity contribution in [2.45, 2.75) is 32.4 Å². The van der Waals surface area contributed by atoms with Gasteiger partial charge in [-0.15, -0.1) is 0 Å². The van der Waals surface area contributed by atoms with Gasteiger partial charge in [-0.3, -0.25) is 0 Å². The number of hydrogen-bond acceptors (Lipinski definition) is 3. The van der Waals surface area contributed by atoms with Crippen molar-refractivity contribution < 1.29 is 9.53 Å². The van der Waals surface area contributed by atoms with Crippen LogP contribution in [0, 0.1) is 0 Å². The van der Waals surface area contributed by atoms with Crippen LogP contribution in [-0.2, 0) is 4.74 Å². The number of alkyl carbamates (subject to hydrolysis) is 1. The van der Waals surface area contributed by atoms with E-state index in [4.69, 9.17) is 10.5 Å². The van der Waals surface area contributed by atoms with Gasteiger partial charge in [0, 0.05) is 17.1 Å². The van der Waals surface area contributed by atoms with E-state index in [-0.39, 0.29) is 6.04 Å². The van der Waals surface area contributed by atoms with Crippen molar-refractivity contribution in [3.05, 3.63) is 34.3 Å². The summed E-state index contributed by atoms with van der Waals surface area (Å²) in [7, 11) is 0. The maximum Gasteiger partial charge on any atom is 0.407 e. The van der Waals surface area contributed by atoms with E-state index in [0.29, 0.717) is 6.54 Å². The Kier molecular flexibility index (Phi) is 5.16. The van der Waals surface area contributed by atoms with Crippen LogP contribution in [-0.4, -0.2) is 18.2 Å². The molecule has 18 heavy (non-hydrogen) atoms. The third-order valence-electron chi connectivity index (χ3n) is 2.16. The van der Waals surface area contributed by atoms with Crippen LogP contribution in [0.2, 0.25) is 0 Å². The van der Waals surface area contributed by atoms with Gasteiger partial charge in [-0.1, -0.05) is 28.1 Å². The van der Waals surface area contributed by atoms with Gasteiger partial charge in [0.05, 0.1) is 0 Å². The van der Waals surface area contributed by atoms with Gasteiger partial charge in [0.1, 0.15) is 5.60 Å². The Hall–Kier alpha value is -1.07. The molecule has 0 aliphatic rings. The Bertz CT molecular complexity index is 398. The molecule has 5 heteroatoms. The molecule has 0 heterocycles. The highest BCUT2D eigenvalue weighted by atomic mass is 79.9. The highest BCUT2D eigenvalue weighted by molar-refractivity contribution is 9.10. The lowest BCUT2D eigenvalue weighted by molar-refractivity contribution is 0.0524. The molecule has 1 atom stereocenters. The largest absolute Gasteiger partial charge is 0.444 e. The molecule has 0 aliphatic carbocycles. The summed E-state index contributed by atoms with van der Waals surface area (Å²) >= 11 is 3.36. The number of amides is 1. The van der Waals surface area contributed by atoms with Gasteiger partial charge in [-0.05, 0) is 38.5 Å². The molecule has 3 N–H and O–H groups in total. The van der Waals surface area contributed by atoms with Crippen molar-refractivity contribution in [1.82, 2.24) is 5.32 Å². The standard InChI is InChI=1S/C13H19BrN2O2/c1-13(2,3)18-12(17)16-8-11(15)9-4-6-10(14)7-5-9/h4-7,11H,8,15H2,1-3H3,(H,16,17)/t11-/m0/s1. The molecule has 1 aromatic carbocycles. The molecule has 4 nitrogen and oxygen atoms in total. The zero-order valence-corrected chi connectivity index (χ0v) is 12.5. The molecule has 100 valence electrons. The molecule has 0 fully saturated rings. The summed E-state index contributed by atoms with van der Waals surface area (Å²) in [6.07, 6.45) is -0.449. The minimum Gasteiger partial charge on any atom is -0.444 e. The number of ether oxygens (including phenoxy) is 1. The first-order valence-corrected chi connectivity index (χ1v) is 6.55. The van der Waals surface area contributed by atoms with E-state index in [0.717, 1.165) is 10.0 Å². The fraction of sp³-hybridized carbons (Fsp3) is 0.462. The lowest BCUT2D eigenvalue weighted by atomic mass is 10.1. The average Bonchev–Trinajstić information content (AvgIpc) is 2.24. The number of halogens is 1. The molecule has 1 aromatic rings. The lowest BCUT2D eigenvalue weighted by Gasteiger charge is -2.20. The minimum atomic E-state index is -0.494. The fourth-order valence-corrected chi connectivity index (χ4v) is 1.60. The van der Waals surface area contributed by atoms with E-state index in [9.17, 15) is 4.79 Å². The van der Waals surface area contributed by atoms with Crippen LogP contribution in [0.25, 0.3) is 0 Å². The van der Waals surface area contributed by atoms with Crippen LogP contribution in [0.15, 0.2) is 28.7 Å². The smallest absolute Gasteiger partial charge is 0.407 e. The molecule has 0 saturated heterocycles. The second kappa shape index (κ2) is 6.20. The summed E-state index contributed by atoms with van der Waals surface area (Å²) in [5, 5.41) is 2.65. The SMILES string of the molecule is CC(C)(C)OC(=O)NC[C@H](N)c1ccc(Br)cc1. The molecular formula is C13H19BrN2O2. The van der Waals surface area contributed by atoms with E-state index in [1.165, 1.54) is 0 Å².